The second-order valence-corrected chi connectivity index (χ2v) is 4.50. The zero-order valence-electron chi connectivity index (χ0n) is 10.5. The van der Waals surface area contributed by atoms with Gasteiger partial charge in [0, 0.05) is 32.5 Å². The third-order valence-corrected chi connectivity index (χ3v) is 3.05. The SMILES string of the molecule is CN(CC(=O)O)c1nccnc1N1CCCCC1. The van der Waals surface area contributed by atoms with E-state index in [0.717, 1.165) is 31.7 Å². The summed E-state index contributed by atoms with van der Waals surface area (Å²) in [6.07, 6.45) is 6.80. The van der Waals surface area contributed by atoms with Crippen molar-refractivity contribution < 1.29 is 9.90 Å². The molecule has 1 aliphatic heterocycles. The first-order valence-electron chi connectivity index (χ1n) is 6.17. The van der Waals surface area contributed by atoms with Crippen LogP contribution in [0.3, 0.4) is 0 Å². The van der Waals surface area contributed by atoms with Gasteiger partial charge >= 0.3 is 5.97 Å². The predicted molar refractivity (Wildman–Crippen MR) is 69.0 cm³/mol. The molecule has 0 saturated carbocycles. The van der Waals surface area contributed by atoms with Gasteiger partial charge in [-0.25, -0.2) is 9.97 Å². The maximum atomic E-state index is 10.8. The van der Waals surface area contributed by atoms with E-state index >= 15 is 0 Å². The van der Waals surface area contributed by atoms with Crippen molar-refractivity contribution in [2.75, 3.05) is 36.5 Å². The molecule has 2 heterocycles. The molecule has 6 heteroatoms. The highest BCUT2D eigenvalue weighted by Crippen LogP contribution is 2.25. The van der Waals surface area contributed by atoms with Crippen molar-refractivity contribution in [1.82, 2.24) is 9.97 Å². The number of aliphatic carboxylic acids is 1. The van der Waals surface area contributed by atoms with Gasteiger partial charge < -0.3 is 14.9 Å². The Morgan fingerprint density at radius 3 is 2.67 bits per heavy atom. The lowest BCUT2D eigenvalue weighted by Crippen LogP contribution is -2.34. The van der Waals surface area contributed by atoms with Crippen molar-refractivity contribution in [1.29, 1.82) is 0 Å². The van der Waals surface area contributed by atoms with Gasteiger partial charge in [-0.2, -0.15) is 0 Å². The highest BCUT2D eigenvalue weighted by Gasteiger charge is 2.19. The van der Waals surface area contributed by atoms with E-state index in [2.05, 4.69) is 14.9 Å². The minimum absolute atomic E-state index is 0.0699. The van der Waals surface area contributed by atoms with Gasteiger partial charge in [-0.15, -0.1) is 0 Å². The van der Waals surface area contributed by atoms with E-state index in [4.69, 9.17) is 5.11 Å². The molecule has 0 aliphatic carbocycles. The number of rotatable bonds is 4. The Labute approximate surface area is 106 Å². The molecule has 0 atom stereocenters. The number of hydrogen-bond donors (Lipinski definition) is 1. The predicted octanol–water partition coefficient (Wildman–Crippen LogP) is 0.988. The van der Waals surface area contributed by atoms with Crippen molar-refractivity contribution in [2.24, 2.45) is 0 Å². The third kappa shape index (κ3) is 2.88. The van der Waals surface area contributed by atoms with Crippen LogP contribution in [0.15, 0.2) is 12.4 Å². The molecule has 0 bridgehead atoms. The van der Waals surface area contributed by atoms with E-state index in [1.54, 1.807) is 24.3 Å². The molecule has 1 fully saturated rings. The molecule has 6 nitrogen and oxygen atoms in total. The van der Waals surface area contributed by atoms with Crippen molar-refractivity contribution in [3.8, 4) is 0 Å². The van der Waals surface area contributed by atoms with Crippen molar-refractivity contribution in [3.05, 3.63) is 12.4 Å². The first-order valence-corrected chi connectivity index (χ1v) is 6.17. The Morgan fingerprint density at radius 2 is 2.00 bits per heavy atom. The van der Waals surface area contributed by atoms with Crippen LogP contribution in [0.5, 0.6) is 0 Å². The molecular formula is C12H18N4O2. The summed E-state index contributed by atoms with van der Waals surface area (Å²) in [5.41, 5.74) is 0. The van der Waals surface area contributed by atoms with E-state index in [9.17, 15) is 4.79 Å². The van der Waals surface area contributed by atoms with Crippen LogP contribution in [0.2, 0.25) is 0 Å². The van der Waals surface area contributed by atoms with Crippen LogP contribution in [0.4, 0.5) is 11.6 Å². The Morgan fingerprint density at radius 1 is 1.33 bits per heavy atom. The number of carboxylic acid groups (broad SMARTS) is 1. The third-order valence-electron chi connectivity index (χ3n) is 3.05. The first-order chi connectivity index (χ1) is 8.68. The summed E-state index contributed by atoms with van der Waals surface area (Å²) in [5.74, 6) is 0.565. The molecule has 0 radical (unpaired) electrons. The number of hydrogen-bond acceptors (Lipinski definition) is 5. The quantitative estimate of drug-likeness (QED) is 0.859. The molecule has 1 saturated heterocycles. The summed E-state index contributed by atoms with van der Waals surface area (Å²) in [6.45, 7) is 1.86. The number of carbonyl (C=O) groups is 1. The normalized spacial score (nSPS) is 15.5. The molecule has 18 heavy (non-hydrogen) atoms. The fourth-order valence-electron chi connectivity index (χ4n) is 2.20. The van der Waals surface area contributed by atoms with E-state index in [1.165, 1.54) is 6.42 Å². The first kappa shape index (κ1) is 12.6. The Balaban J connectivity index is 2.21. The van der Waals surface area contributed by atoms with Crippen LogP contribution in [0, 0.1) is 0 Å². The van der Waals surface area contributed by atoms with E-state index in [1.807, 2.05) is 0 Å². The van der Waals surface area contributed by atoms with Gasteiger partial charge in [0.1, 0.15) is 6.54 Å². The zero-order valence-corrected chi connectivity index (χ0v) is 10.5. The maximum Gasteiger partial charge on any atom is 0.323 e. The van der Waals surface area contributed by atoms with Crippen LogP contribution in [-0.4, -0.2) is 47.7 Å². The van der Waals surface area contributed by atoms with Crippen molar-refractivity contribution >= 4 is 17.6 Å². The minimum Gasteiger partial charge on any atom is -0.480 e. The summed E-state index contributed by atoms with van der Waals surface area (Å²) >= 11 is 0. The van der Waals surface area contributed by atoms with Crippen molar-refractivity contribution in [2.45, 2.75) is 19.3 Å². The molecule has 0 unspecified atom stereocenters. The molecule has 1 aromatic rings. The van der Waals surface area contributed by atoms with Crippen molar-refractivity contribution in [3.63, 3.8) is 0 Å². The summed E-state index contributed by atoms with van der Waals surface area (Å²) in [4.78, 5) is 23.2. The smallest absolute Gasteiger partial charge is 0.323 e. The van der Waals surface area contributed by atoms with E-state index in [0.29, 0.717) is 5.82 Å². The molecule has 98 valence electrons. The second kappa shape index (κ2) is 5.66. The molecule has 1 aliphatic rings. The molecule has 1 aromatic heterocycles. The van der Waals surface area contributed by atoms with E-state index in [-0.39, 0.29) is 6.54 Å². The van der Waals surface area contributed by atoms with Crippen LogP contribution >= 0.6 is 0 Å². The van der Waals surface area contributed by atoms with Gasteiger partial charge in [-0.05, 0) is 19.3 Å². The number of nitrogens with zero attached hydrogens (tertiary/aromatic N) is 4. The lowest BCUT2D eigenvalue weighted by atomic mass is 10.1. The number of aromatic nitrogens is 2. The molecule has 0 aromatic carbocycles. The topological polar surface area (TPSA) is 69.6 Å². The lowest BCUT2D eigenvalue weighted by Gasteiger charge is -2.30. The molecule has 0 spiro atoms. The Hall–Kier alpha value is -1.85. The largest absolute Gasteiger partial charge is 0.480 e. The van der Waals surface area contributed by atoms with Crippen LogP contribution < -0.4 is 9.80 Å². The number of anilines is 2. The maximum absolute atomic E-state index is 10.8. The van der Waals surface area contributed by atoms with Gasteiger partial charge in [-0.3, -0.25) is 4.79 Å². The Kier molecular flexibility index (Phi) is 3.96. The lowest BCUT2D eigenvalue weighted by molar-refractivity contribution is -0.135. The highest BCUT2D eigenvalue weighted by atomic mass is 16.4. The number of piperidine rings is 1. The van der Waals surface area contributed by atoms with Crippen LogP contribution in [0.25, 0.3) is 0 Å². The fourth-order valence-corrected chi connectivity index (χ4v) is 2.20. The summed E-state index contributed by atoms with van der Waals surface area (Å²) in [7, 11) is 1.73. The standard InChI is InChI=1S/C12H18N4O2/c1-15(9-10(17)18)11-12(14-6-5-13-11)16-7-3-2-4-8-16/h5-6H,2-4,7-9H2,1H3,(H,17,18). The summed E-state index contributed by atoms with van der Waals surface area (Å²) in [5, 5.41) is 8.84. The monoisotopic (exact) mass is 250 g/mol. The Bertz CT molecular complexity index is 418. The molecule has 0 amide bonds. The molecular weight excluding hydrogens is 232 g/mol. The van der Waals surface area contributed by atoms with Gasteiger partial charge in [0.05, 0.1) is 0 Å². The molecule has 2 rings (SSSR count). The van der Waals surface area contributed by atoms with Gasteiger partial charge in [0.15, 0.2) is 11.6 Å². The van der Waals surface area contributed by atoms with Crippen LogP contribution in [0.1, 0.15) is 19.3 Å². The number of likely N-dealkylation sites (N-methyl/N-ethyl adjacent to an activating group) is 1. The minimum atomic E-state index is -0.868. The average Bonchev–Trinajstić information content (AvgIpc) is 2.39. The van der Waals surface area contributed by atoms with Crippen LogP contribution in [-0.2, 0) is 4.79 Å². The zero-order chi connectivity index (χ0) is 13.0. The molecule has 1 N–H and O–H groups in total. The fraction of sp³-hybridized carbons (Fsp3) is 0.583. The second-order valence-electron chi connectivity index (χ2n) is 4.50. The summed E-state index contributed by atoms with van der Waals surface area (Å²) < 4.78 is 0. The highest BCUT2D eigenvalue weighted by molar-refractivity contribution is 5.75. The number of carboxylic acids is 1. The van der Waals surface area contributed by atoms with Gasteiger partial charge in [-0.1, -0.05) is 0 Å². The van der Waals surface area contributed by atoms with Gasteiger partial charge in [0.25, 0.3) is 0 Å². The summed E-state index contributed by atoms with van der Waals surface area (Å²) in [6, 6.07) is 0. The average molecular weight is 250 g/mol. The van der Waals surface area contributed by atoms with Gasteiger partial charge in [0.2, 0.25) is 0 Å². The van der Waals surface area contributed by atoms with E-state index < -0.39 is 5.97 Å².